The molecule has 2 N–H and O–H groups in total. The fourth-order valence-electron chi connectivity index (χ4n) is 10.8. The van der Waals surface area contributed by atoms with Gasteiger partial charge < -0.3 is 14.9 Å². The first kappa shape index (κ1) is 30.3. The molecular formula is C34H54O5. The van der Waals surface area contributed by atoms with E-state index in [2.05, 4.69) is 47.6 Å². The van der Waals surface area contributed by atoms with Crippen LogP contribution in [0.2, 0.25) is 0 Å². The van der Waals surface area contributed by atoms with Crippen LogP contribution in [0, 0.1) is 51.8 Å². The van der Waals surface area contributed by atoms with Crippen LogP contribution < -0.4 is 0 Å². The van der Waals surface area contributed by atoms with Crippen LogP contribution in [0.15, 0.2) is 22.8 Å². The lowest BCUT2D eigenvalue weighted by Crippen LogP contribution is -2.65. The summed E-state index contributed by atoms with van der Waals surface area (Å²) >= 11 is 0. The highest BCUT2D eigenvalue weighted by Crippen LogP contribution is 2.75. The van der Waals surface area contributed by atoms with Crippen molar-refractivity contribution in [2.45, 2.75) is 126 Å². The van der Waals surface area contributed by atoms with Gasteiger partial charge >= 0.3 is 11.9 Å². The summed E-state index contributed by atoms with van der Waals surface area (Å²) in [5.41, 5.74) is 1.93. The minimum absolute atomic E-state index is 0.0493. The van der Waals surface area contributed by atoms with Crippen LogP contribution >= 0.6 is 0 Å². The third-order valence-electron chi connectivity index (χ3n) is 12.5. The Morgan fingerprint density at radius 2 is 1.74 bits per heavy atom. The van der Waals surface area contributed by atoms with Crippen LogP contribution in [-0.4, -0.2) is 34.4 Å². The molecule has 4 aliphatic carbocycles. The van der Waals surface area contributed by atoms with Crippen molar-refractivity contribution < 1.29 is 24.5 Å². The lowest BCUT2D eigenvalue weighted by molar-refractivity contribution is -0.231. The molecule has 4 rings (SSSR count). The van der Waals surface area contributed by atoms with Gasteiger partial charge in [0.25, 0.3) is 0 Å². The molecule has 0 spiro atoms. The van der Waals surface area contributed by atoms with E-state index >= 15 is 0 Å². The van der Waals surface area contributed by atoms with Crippen molar-refractivity contribution in [3.05, 3.63) is 22.8 Å². The summed E-state index contributed by atoms with van der Waals surface area (Å²) in [4.78, 5) is 25.0. The summed E-state index contributed by atoms with van der Waals surface area (Å²) in [7, 11) is 0. The van der Waals surface area contributed by atoms with E-state index in [-0.39, 0.29) is 34.1 Å². The molecule has 5 nitrogen and oxygen atoms in total. The van der Waals surface area contributed by atoms with Crippen LogP contribution in [0.4, 0.5) is 0 Å². The normalized spacial score (nSPS) is 44.6. The molecule has 0 aromatic rings. The third kappa shape index (κ3) is 4.83. The highest BCUT2D eigenvalue weighted by Gasteiger charge is 2.70. The second-order valence-electron chi connectivity index (χ2n) is 15.0. The Kier molecular flexibility index (Phi) is 8.29. The van der Waals surface area contributed by atoms with Crippen LogP contribution in [0.3, 0.4) is 0 Å². The Labute approximate surface area is 236 Å². The number of carboxylic acid groups (broad SMARTS) is 1. The average molecular weight is 543 g/mol. The van der Waals surface area contributed by atoms with Gasteiger partial charge in [0.15, 0.2) is 0 Å². The number of carbonyl (C=O) groups excluding carboxylic acids is 1. The summed E-state index contributed by atoms with van der Waals surface area (Å²) in [6.07, 6.45) is 7.78. The van der Waals surface area contributed by atoms with Crippen molar-refractivity contribution in [1.82, 2.24) is 0 Å². The molecule has 4 fully saturated rings. The molecule has 0 saturated heterocycles. The summed E-state index contributed by atoms with van der Waals surface area (Å²) in [6.45, 7) is 19.8. The first-order valence-corrected chi connectivity index (χ1v) is 15.5. The Morgan fingerprint density at radius 1 is 1.08 bits per heavy atom. The first-order chi connectivity index (χ1) is 18.1. The Bertz CT molecular complexity index is 1040. The van der Waals surface area contributed by atoms with Crippen molar-refractivity contribution in [3.8, 4) is 0 Å². The molecule has 0 aromatic carbocycles. The van der Waals surface area contributed by atoms with Crippen molar-refractivity contribution in [1.29, 1.82) is 0 Å². The van der Waals surface area contributed by atoms with Gasteiger partial charge in [-0.25, -0.2) is 4.79 Å². The van der Waals surface area contributed by atoms with E-state index in [1.807, 2.05) is 13.8 Å². The zero-order valence-corrected chi connectivity index (χ0v) is 26.0. The molecule has 5 heteroatoms. The predicted octanol–water partition coefficient (Wildman–Crippen LogP) is 7.58. The molecule has 220 valence electrons. The number of esters is 1. The summed E-state index contributed by atoms with van der Waals surface area (Å²) < 4.78 is 5.93. The highest BCUT2D eigenvalue weighted by atomic mass is 16.5. The van der Waals surface area contributed by atoms with Gasteiger partial charge in [0.2, 0.25) is 0 Å². The Morgan fingerprint density at radius 3 is 2.31 bits per heavy atom. The van der Waals surface area contributed by atoms with Crippen molar-refractivity contribution >= 4 is 11.9 Å². The van der Waals surface area contributed by atoms with Crippen molar-refractivity contribution in [2.75, 3.05) is 0 Å². The number of aliphatic hydroxyl groups excluding tert-OH is 1. The number of hydrogen-bond acceptors (Lipinski definition) is 4. The van der Waals surface area contributed by atoms with E-state index in [4.69, 9.17) is 4.74 Å². The van der Waals surface area contributed by atoms with Gasteiger partial charge in [-0.1, -0.05) is 53.2 Å². The van der Waals surface area contributed by atoms with Crippen LogP contribution in [0.1, 0.15) is 114 Å². The maximum Gasteiger partial charge on any atom is 0.331 e. The van der Waals surface area contributed by atoms with E-state index < -0.39 is 18.2 Å². The summed E-state index contributed by atoms with van der Waals surface area (Å²) in [6, 6.07) is 0. The van der Waals surface area contributed by atoms with E-state index in [1.165, 1.54) is 13.3 Å². The maximum atomic E-state index is 12.7. The van der Waals surface area contributed by atoms with Gasteiger partial charge in [0.1, 0.15) is 6.10 Å². The summed E-state index contributed by atoms with van der Waals surface area (Å²) in [5.74, 6) is 1.36. The second kappa shape index (κ2) is 10.7. The quantitative estimate of drug-likeness (QED) is 0.205. The number of rotatable bonds is 6. The minimum Gasteiger partial charge on any atom is -0.478 e. The SMILES string of the molecule is CC(=O)O[C@H]1C[C@@]2(C)[C@@H](C[C@@H](O)[C@H]3[C@@]4(C)CCC(C(C)C)[C@@H](C)[C@@H]4CC[C@@]32C)/C1=C(\CCC=C(C)C)C(=O)O. The molecule has 4 saturated carbocycles. The van der Waals surface area contributed by atoms with Crippen LogP contribution in [0.5, 0.6) is 0 Å². The molecule has 0 radical (unpaired) electrons. The van der Waals surface area contributed by atoms with Gasteiger partial charge in [-0.05, 0) is 123 Å². The van der Waals surface area contributed by atoms with Gasteiger partial charge in [-0.15, -0.1) is 0 Å². The van der Waals surface area contributed by atoms with E-state index in [9.17, 15) is 19.8 Å². The Balaban J connectivity index is 1.80. The molecule has 39 heavy (non-hydrogen) atoms. The topological polar surface area (TPSA) is 83.8 Å². The summed E-state index contributed by atoms with van der Waals surface area (Å²) in [5, 5.41) is 22.5. The van der Waals surface area contributed by atoms with E-state index in [0.717, 1.165) is 36.3 Å². The maximum absolute atomic E-state index is 12.7. The number of aliphatic carboxylic acids is 1. The lowest BCUT2D eigenvalue weighted by Gasteiger charge is -2.69. The number of fused-ring (bicyclic) bond motifs is 5. The number of hydrogen-bond donors (Lipinski definition) is 2. The second-order valence-corrected chi connectivity index (χ2v) is 15.0. The molecule has 0 bridgehead atoms. The molecule has 0 amide bonds. The van der Waals surface area contributed by atoms with Crippen LogP contribution in [0.25, 0.3) is 0 Å². The molecule has 0 aromatic heterocycles. The number of allylic oxidation sites excluding steroid dienone is 2. The van der Waals surface area contributed by atoms with Gasteiger partial charge in [0.05, 0.1) is 6.10 Å². The van der Waals surface area contributed by atoms with Crippen molar-refractivity contribution in [3.63, 3.8) is 0 Å². The predicted molar refractivity (Wildman–Crippen MR) is 155 cm³/mol. The molecule has 0 heterocycles. The van der Waals surface area contributed by atoms with Crippen molar-refractivity contribution in [2.24, 2.45) is 51.8 Å². The molecule has 1 unspecified atom stereocenters. The fourth-order valence-corrected chi connectivity index (χ4v) is 10.8. The van der Waals surface area contributed by atoms with Gasteiger partial charge in [-0.2, -0.15) is 0 Å². The van der Waals surface area contributed by atoms with Crippen LogP contribution in [-0.2, 0) is 14.3 Å². The number of aliphatic hydroxyl groups is 1. The molecule has 10 atom stereocenters. The number of ether oxygens (including phenoxy) is 1. The molecule has 0 aliphatic heterocycles. The first-order valence-electron chi connectivity index (χ1n) is 15.5. The lowest BCUT2D eigenvalue weighted by atomic mass is 9.36. The van der Waals surface area contributed by atoms with E-state index in [0.29, 0.717) is 49.0 Å². The van der Waals surface area contributed by atoms with Gasteiger partial charge in [-0.3, -0.25) is 4.79 Å². The van der Waals surface area contributed by atoms with E-state index in [1.54, 1.807) is 0 Å². The minimum atomic E-state index is -0.924. The monoisotopic (exact) mass is 542 g/mol. The zero-order valence-electron chi connectivity index (χ0n) is 26.0. The standard InChI is InChI=1S/C34H54O5/c1-19(2)11-10-12-24(31(37)38)29-26-17-27(36)30-32(7)15-13-23(20(3)4)21(5)25(32)14-16-33(30,8)34(26,9)18-28(29)39-22(6)35/h11,20-21,23,25-28,30,36H,10,12-18H2,1-9H3,(H,37,38)/b29-24-/t21-,23?,25+,26+,27-,28+,30+,32+,33+,34+/m1/s1. The third-order valence-corrected chi connectivity index (χ3v) is 12.5. The largest absolute Gasteiger partial charge is 0.478 e. The smallest absolute Gasteiger partial charge is 0.331 e. The molecule has 4 aliphatic rings. The zero-order chi connectivity index (χ0) is 29.1. The fraction of sp³-hybridized carbons (Fsp3) is 0.824. The molecular weight excluding hydrogens is 488 g/mol. The average Bonchev–Trinajstić information content (AvgIpc) is 3.07. The number of carbonyl (C=O) groups is 2. The van der Waals surface area contributed by atoms with Gasteiger partial charge in [0, 0.05) is 12.5 Å². The highest BCUT2D eigenvalue weighted by molar-refractivity contribution is 5.88. The Hall–Kier alpha value is -1.62. The number of carboxylic acids is 1.